The molecular formula is C10H12ClIO3. The highest BCUT2D eigenvalue weighted by Gasteiger charge is 2.62. The maximum absolute atomic E-state index is 12.0. The Labute approximate surface area is 107 Å². The fraction of sp³-hybridized carbons (Fsp3) is 0.800. The third-order valence-electron chi connectivity index (χ3n) is 3.28. The van der Waals surface area contributed by atoms with Gasteiger partial charge in [0.1, 0.15) is 11.5 Å². The summed E-state index contributed by atoms with van der Waals surface area (Å²) in [5.74, 6) is 0.210. The SMILES string of the molecule is O=C1CC[C@H]2OC(=O)[C@]1(CCCCl)[C@H]2I. The van der Waals surface area contributed by atoms with Gasteiger partial charge in [-0.1, -0.05) is 22.6 Å². The van der Waals surface area contributed by atoms with Crippen molar-refractivity contribution in [2.24, 2.45) is 5.41 Å². The van der Waals surface area contributed by atoms with Crippen LogP contribution in [0.2, 0.25) is 0 Å². The number of alkyl halides is 2. The van der Waals surface area contributed by atoms with Crippen molar-refractivity contribution >= 4 is 45.9 Å². The van der Waals surface area contributed by atoms with Gasteiger partial charge in [-0.2, -0.15) is 0 Å². The molecule has 3 nitrogen and oxygen atoms in total. The Hall–Kier alpha value is 0.160. The van der Waals surface area contributed by atoms with Gasteiger partial charge in [-0.25, -0.2) is 0 Å². The first-order valence-electron chi connectivity index (χ1n) is 5.07. The number of Topliss-reactive ketones (excluding diaryl/α,β-unsaturated/α-hetero) is 1. The van der Waals surface area contributed by atoms with Crippen molar-refractivity contribution in [2.75, 3.05) is 5.88 Å². The minimum atomic E-state index is -0.877. The van der Waals surface area contributed by atoms with E-state index in [1.807, 2.05) is 0 Å². The van der Waals surface area contributed by atoms with Crippen molar-refractivity contribution in [1.29, 1.82) is 0 Å². The highest BCUT2D eigenvalue weighted by Crippen LogP contribution is 2.49. The zero-order valence-corrected chi connectivity index (χ0v) is 11.1. The zero-order chi connectivity index (χ0) is 11.1. The molecule has 0 aromatic rings. The lowest BCUT2D eigenvalue weighted by molar-refractivity contribution is -0.151. The molecule has 1 saturated carbocycles. The van der Waals surface area contributed by atoms with Crippen LogP contribution in [0.3, 0.4) is 0 Å². The van der Waals surface area contributed by atoms with Crippen molar-refractivity contribution in [3.8, 4) is 0 Å². The highest BCUT2D eigenvalue weighted by molar-refractivity contribution is 14.1. The molecule has 1 saturated heterocycles. The van der Waals surface area contributed by atoms with Crippen LogP contribution in [0.5, 0.6) is 0 Å². The highest BCUT2D eigenvalue weighted by atomic mass is 127. The van der Waals surface area contributed by atoms with Gasteiger partial charge in [0.15, 0.2) is 5.78 Å². The van der Waals surface area contributed by atoms with Gasteiger partial charge in [-0.15, -0.1) is 11.6 Å². The van der Waals surface area contributed by atoms with E-state index in [9.17, 15) is 9.59 Å². The van der Waals surface area contributed by atoms with E-state index in [4.69, 9.17) is 16.3 Å². The van der Waals surface area contributed by atoms with Gasteiger partial charge >= 0.3 is 5.97 Å². The maximum atomic E-state index is 12.0. The molecule has 2 fully saturated rings. The number of hydrogen-bond acceptors (Lipinski definition) is 3. The van der Waals surface area contributed by atoms with Crippen molar-refractivity contribution in [2.45, 2.75) is 35.7 Å². The number of ketones is 1. The summed E-state index contributed by atoms with van der Waals surface area (Å²) in [5, 5.41) is 0. The summed E-state index contributed by atoms with van der Waals surface area (Å²) in [4.78, 5) is 23.8. The summed E-state index contributed by atoms with van der Waals surface area (Å²) in [7, 11) is 0. The number of hydrogen-bond donors (Lipinski definition) is 0. The summed E-state index contributed by atoms with van der Waals surface area (Å²) >= 11 is 7.82. The summed E-state index contributed by atoms with van der Waals surface area (Å²) in [6.07, 6.45) is 2.32. The number of esters is 1. The van der Waals surface area contributed by atoms with Crippen molar-refractivity contribution < 1.29 is 14.3 Å². The molecule has 2 rings (SSSR count). The Kier molecular flexibility index (Phi) is 3.26. The largest absolute Gasteiger partial charge is 0.460 e. The number of rotatable bonds is 3. The summed E-state index contributed by atoms with van der Waals surface area (Å²) in [6.45, 7) is 0. The van der Waals surface area contributed by atoms with Gasteiger partial charge in [0, 0.05) is 12.3 Å². The molecule has 2 aliphatic rings. The number of fused-ring (bicyclic) bond motifs is 2. The number of carbonyl (C=O) groups is 2. The van der Waals surface area contributed by atoms with E-state index in [1.165, 1.54) is 0 Å². The quantitative estimate of drug-likeness (QED) is 0.341. The molecule has 0 radical (unpaired) electrons. The van der Waals surface area contributed by atoms with Crippen LogP contribution in [0, 0.1) is 5.41 Å². The second-order valence-electron chi connectivity index (χ2n) is 4.07. The Balaban J connectivity index is 2.29. The third kappa shape index (κ3) is 1.60. The first-order valence-corrected chi connectivity index (χ1v) is 6.85. The molecule has 1 heterocycles. The Bertz CT molecular complexity index is 297. The van der Waals surface area contributed by atoms with E-state index >= 15 is 0 Å². The molecule has 0 aromatic heterocycles. The maximum Gasteiger partial charge on any atom is 0.321 e. The van der Waals surface area contributed by atoms with Gasteiger partial charge in [0.2, 0.25) is 0 Å². The molecule has 0 spiro atoms. The molecule has 1 aliphatic carbocycles. The summed E-state index contributed by atoms with van der Waals surface area (Å²) in [6, 6.07) is 0. The van der Waals surface area contributed by atoms with Crippen LogP contribution in [0.15, 0.2) is 0 Å². The average molecular weight is 343 g/mol. The second-order valence-corrected chi connectivity index (χ2v) is 5.79. The minimum Gasteiger partial charge on any atom is -0.460 e. The standard InChI is InChI=1S/C10H12ClIO3/c11-5-1-4-10-7(13)3-2-6(8(10)12)15-9(10)14/h6,8H,1-5H2/t6-,8+,10+/m1/s1. The van der Waals surface area contributed by atoms with Crippen molar-refractivity contribution in [3.05, 3.63) is 0 Å². The first-order chi connectivity index (χ1) is 7.13. The predicted octanol–water partition coefficient (Wildman–Crippen LogP) is 2.08. The van der Waals surface area contributed by atoms with Gasteiger partial charge in [0.05, 0.1) is 3.92 Å². The Morgan fingerprint density at radius 2 is 2.27 bits per heavy atom. The fourth-order valence-corrected chi connectivity index (χ4v) is 3.98. The minimum absolute atomic E-state index is 0.00735. The van der Waals surface area contributed by atoms with E-state index < -0.39 is 5.41 Å². The monoisotopic (exact) mass is 342 g/mol. The van der Waals surface area contributed by atoms with Crippen LogP contribution < -0.4 is 0 Å². The van der Waals surface area contributed by atoms with Crippen LogP contribution in [0.25, 0.3) is 0 Å². The Morgan fingerprint density at radius 3 is 2.93 bits per heavy atom. The first kappa shape index (κ1) is 11.6. The van der Waals surface area contributed by atoms with Crippen LogP contribution in [-0.4, -0.2) is 27.7 Å². The lowest BCUT2D eigenvalue weighted by Gasteiger charge is -2.31. The number of carbonyl (C=O) groups excluding carboxylic acids is 2. The van der Waals surface area contributed by atoms with E-state index in [0.717, 1.165) is 0 Å². The van der Waals surface area contributed by atoms with Crippen molar-refractivity contribution in [3.63, 3.8) is 0 Å². The van der Waals surface area contributed by atoms with E-state index in [0.29, 0.717) is 31.6 Å². The lowest BCUT2D eigenvalue weighted by atomic mass is 9.71. The number of halogens is 2. The van der Waals surface area contributed by atoms with E-state index in [2.05, 4.69) is 22.6 Å². The predicted molar refractivity (Wildman–Crippen MR) is 64.3 cm³/mol. The second kappa shape index (κ2) is 4.20. The van der Waals surface area contributed by atoms with Gasteiger partial charge < -0.3 is 4.74 Å². The third-order valence-corrected chi connectivity index (χ3v) is 5.41. The topological polar surface area (TPSA) is 43.4 Å². The molecule has 15 heavy (non-hydrogen) atoms. The van der Waals surface area contributed by atoms with Gasteiger partial charge in [-0.05, 0) is 19.3 Å². The van der Waals surface area contributed by atoms with Crippen LogP contribution in [0.4, 0.5) is 0 Å². The molecule has 0 aromatic carbocycles. The molecule has 0 amide bonds. The molecule has 2 bridgehead atoms. The van der Waals surface area contributed by atoms with Crippen LogP contribution >= 0.6 is 34.2 Å². The smallest absolute Gasteiger partial charge is 0.321 e. The fourth-order valence-electron chi connectivity index (χ4n) is 2.43. The lowest BCUT2D eigenvalue weighted by Crippen LogP contribution is -2.46. The molecule has 5 heteroatoms. The van der Waals surface area contributed by atoms with Crippen molar-refractivity contribution in [1.82, 2.24) is 0 Å². The van der Waals surface area contributed by atoms with Gasteiger partial charge in [0.25, 0.3) is 0 Å². The molecule has 3 atom stereocenters. The Morgan fingerprint density at radius 1 is 1.53 bits per heavy atom. The summed E-state index contributed by atoms with van der Waals surface area (Å²) < 4.78 is 5.25. The van der Waals surface area contributed by atoms with Crippen LogP contribution in [0.1, 0.15) is 25.7 Å². The molecular weight excluding hydrogens is 330 g/mol. The normalized spacial score (nSPS) is 39.3. The van der Waals surface area contributed by atoms with E-state index in [-0.39, 0.29) is 21.8 Å². The molecule has 0 N–H and O–H groups in total. The molecule has 84 valence electrons. The molecule has 1 aliphatic heterocycles. The zero-order valence-electron chi connectivity index (χ0n) is 8.17. The van der Waals surface area contributed by atoms with Gasteiger partial charge in [-0.3, -0.25) is 9.59 Å². The summed E-state index contributed by atoms with van der Waals surface area (Å²) in [5.41, 5.74) is -0.877. The number of ether oxygens (including phenoxy) is 1. The molecule has 0 unspecified atom stereocenters. The van der Waals surface area contributed by atoms with Crippen LogP contribution in [-0.2, 0) is 14.3 Å². The van der Waals surface area contributed by atoms with E-state index in [1.54, 1.807) is 0 Å². The average Bonchev–Trinajstić information content (AvgIpc) is 2.37.